The van der Waals surface area contributed by atoms with E-state index in [-0.39, 0.29) is 0 Å². The molecule has 224 valence electrons. The molecular weight excluding hydrogens is 583 g/mol. The Morgan fingerprint density at radius 1 is 0.354 bits per heavy atom. The van der Waals surface area contributed by atoms with E-state index in [9.17, 15) is 0 Å². The fourth-order valence-electron chi connectivity index (χ4n) is 7.68. The summed E-state index contributed by atoms with van der Waals surface area (Å²) in [7, 11) is 0. The first kappa shape index (κ1) is 26.8. The minimum atomic E-state index is 0.875. The summed E-state index contributed by atoms with van der Waals surface area (Å²) in [5.41, 5.74) is 7.27. The predicted octanol–water partition coefficient (Wildman–Crippen LogP) is 13.3. The van der Waals surface area contributed by atoms with E-state index in [1.54, 1.807) is 0 Å². The molecule has 0 amide bonds. The minimum absolute atomic E-state index is 0.875. The minimum Gasteiger partial charge on any atom is -0.454 e. The molecule has 0 N–H and O–H groups in total. The molecule has 0 fully saturated rings. The molecule has 0 aliphatic rings. The number of hydrogen-bond donors (Lipinski definition) is 0. The number of fused-ring (bicyclic) bond motifs is 10. The third kappa shape index (κ3) is 4.00. The molecule has 0 unspecified atom stereocenters. The second-order valence-electron chi connectivity index (χ2n) is 12.5. The Morgan fingerprint density at radius 3 is 1.69 bits per heavy atom. The monoisotopic (exact) mass is 611 g/mol. The fourth-order valence-corrected chi connectivity index (χ4v) is 7.68. The van der Waals surface area contributed by atoms with Crippen LogP contribution in [0.5, 0.6) is 0 Å². The lowest BCUT2D eigenvalue weighted by atomic mass is 9.93. The molecule has 0 saturated carbocycles. The van der Waals surface area contributed by atoms with E-state index in [1.807, 2.05) is 0 Å². The Labute approximate surface area is 277 Å². The van der Waals surface area contributed by atoms with Crippen LogP contribution >= 0.6 is 0 Å². The van der Waals surface area contributed by atoms with Crippen molar-refractivity contribution in [2.24, 2.45) is 0 Å². The highest BCUT2D eigenvalue weighted by molar-refractivity contribution is 6.27. The van der Waals surface area contributed by atoms with Gasteiger partial charge in [0.05, 0.1) is 17.1 Å². The Morgan fingerprint density at radius 2 is 0.917 bits per heavy atom. The van der Waals surface area contributed by atoms with Gasteiger partial charge < -0.3 is 9.32 Å². The van der Waals surface area contributed by atoms with Crippen LogP contribution in [0.1, 0.15) is 0 Å². The van der Waals surface area contributed by atoms with Crippen molar-refractivity contribution < 1.29 is 4.42 Å². The van der Waals surface area contributed by atoms with E-state index in [0.29, 0.717) is 0 Å². The first-order valence-electron chi connectivity index (χ1n) is 16.4. The van der Waals surface area contributed by atoms with Gasteiger partial charge in [0.25, 0.3) is 0 Å². The summed E-state index contributed by atoms with van der Waals surface area (Å²) < 4.78 is 6.89. The Hall–Kier alpha value is -6.38. The van der Waals surface area contributed by atoms with Crippen molar-refractivity contribution in [1.82, 2.24) is 0 Å². The lowest BCUT2D eigenvalue weighted by Gasteiger charge is -2.30. The standard InChI is InChI=1S/C46H29NO/c1-2-14-30(15-3-1)34-19-10-12-24-40(34)47(42-29-33-18-6-9-22-37(33)45-39-23-11-13-25-43(39)48-46(42)45)41-28-32-17-5-8-21-36(32)44-35-20-7-4-16-31(35)26-27-38(41)44/h1-29H. The predicted molar refractivity (Wildman–Crippen MR) is 204 cm³/mol. The lowest BCUT2D eigenvalue weighted by Crippen LogP contribution is -2.12. The van der Waals surface area contributed by atoms with E-state index in [2.05, 4.69) is 181 Å². The Bertz CT molecular complexity index is 2830. The van der Waals surface area contributed by atoms with Gasteiger partial charge in [-0.25, -0.2) is 0 Å². The van der Waals surface area contributed by atoms with Crippen molar-refractivity contribution in [2.45, 2.75) is 0 Å². The maximum atomic E-state index is 6.89. The number of benzene rings is 9. The molecule has 10 aromatic rings. The van der Waals surface area contributed by atoms with Crippen molar-refractivity contribution in [3.05, 3.63) is 176 Å². The molecule has 0 atom stereocenters. The third-order valence-electron chi connectivity index (χ3n) is 9.79. The summed E-state index contributed by atoms with van der Waals surface area (Å²) >= 11 is 0. The normalized spacial score (nSPS) is 11.8. The highest BCUT2D eigenvalue weighted by Crippen LogP contribution is 2.50. The van der Waals surface area contributed by atoms with Crippen LogP contribution in [-0.2, 0) is 0 Å². The average molecular weight is 612 g/mol. The van der Waals surface area contributed by atoms with E-state index >= 15 is 0 Å². The molecule has 0 spiro atoms. The van der Waals surface area contributed by atoms with Gasteiger partial charge in [-0.1, -0.05) is 152 Å². The van der Waals surface area contributed by atoms with Crippen molar-refractivity contribution in [1.29, 1.82) is 0 Å². The Kier molecular flexibility index (Phi) is 5.91. The van der Waals surface area contributed by atoms with E-state index in [0.717, 1.165) is 50.1 Å². The number of rotatable bonds is 4. The van der Waals surface area contributed by atoms with E-state index < -0.39 is 0 Å². The van der Waals surface area contributed by atoms with Crippen LogP contribution < -0.4 is 4.90 Å². The van der Waals surface area contributed by atoms with Gasteiger partial charge in [0.2, 0.25) is 0 Å². The number of para-hydroxylation sites is 2. The summed E-state index contributed by atoms with van der Waals surface area (Å²) in [5, 5.41) is 12.0. The summed E-state index contributed by atoms with van der Waals surface area (Å²) in [6.07, 6.45) is 0. The number of hydrogen-bond acceptors (Lipinski definition) is 2. The van der Waals surface area contributed by atoms with Crippen LogP contribution in [0.2, 0.25) is 0 Å². The molecule has 0 aliphatic carbocycles. The molecule has 1 heterocycles. The van der Waals surface area contributed by atoms with Gasteiger partial charge in [0, 0.05) is 21.7 Å². The second-order valence-corrected chi connectivity index (χ2v) is 12.5. The van der Waals surface area contributed by atoms with Crippen LogP contribution in [-0.4, -0.2) is 0 Å². The number of nitrogens with zero attached hydrogens (tertiary/aromatic N) is 1. The van der Waals surface area contributed by atoms with Crippen molar-refractivity contribution in [3.63, 3.8) is 0 Å². The Balaban J connectivity index is 1.42. The molecule has 2 heteroatoms. The summed E-state index contributed by atoms with van der Waals surface area (Å²) in [6.45, 7) is 0. The maximum absolute atomic E-state index is 6.89. The van der Waals surface area contributed by atoms with Gasteiger partial charge in [-0.3, -0.25) is 0 Å². The van der Waals surface area contributed by atoms with E-state index in [4.69, 9.17) is 4.42 Å². The fraction of sp³-hybridized carbons (Fsp3) is 0. The van der Waals surface area contributed by atoms with Gasteiger partial charge in [-0.05, 0) is 67.5 Å². The van der Waals surface area contributed by atoms with Gasteiger partial charge in [0.1, 0.15) is 5.58 Å². The van der Waals surface area contributed by atoms with Crippen LogP contribution in [0, 0.1) is 0 Å². The first-order chi connectivity index (χ1) is 23.8. The number of furan rings is 1. The molecule has 2 nitrogen and oxygen atoms in total. The van der Waals surface area contributed by atoms with Crippen molar-refractivity contribution in [3.8, 4) is 11.1 Å². The zero-order valence-electron chi connectivity index (χ0n) is 26.1. The van der Waals surface area contributed by atoms with Gasteiger partial charge in [-0.2, -0.15) is 0 Å². The smallest absolute Gasteiger partial charge is 0.160 e. The molecule has 0 bridgehead atoms. The number of anilines is 3. The molecule has 10 rings (SSSR count). The molecule has 9 aromatic carbocycles. The van der Waals surface area contributed by atoms with Crippen LogP contribution in [0.25, 0.3) is 76.2 Å². The van der Waals surface area contributed by atoms with Crippen molar-refractivity contribution >= 4 is 82.1 Å². The van der Waals surface area contributed by atoms with Crippen LogP contribution in [0.4, 0.5) is 17.1 Å². The molecule has 48 heavy (non-hydrogen) atoms. The van der Waals surface area contributed by atoms with E-state index in [1.165, 1.54) is 43.1 Å². The van der Waals surface area contributed by atoms with Gasteiger partial charge in [-0.15, -0.1) is 0 Å². The third-order valence-corrected chi connectivity index (χ3v) is 9.79. The highest BCUT2D eigenvalue weighted by atomic mass is 16.3. The zero-order chi connectivity index (χ0) is 31.6. The first-order valence-corrected chi connectivity index (χ1v) is 16.4. The summed E-state index contributed by atoms with van der Waals surface area (Å²) in [5.74, 6) is 0. The lowest BCUT2D eigenvalue weighted by molar-refractivity contribution is 0.669. The topological polar surface area (TPSA) is 16.4 Å². The quantitative estimate of drug-likeness (QED) is 0.184. The molecule has 0 radical (unpaired) electrons. The zero-order valence-corrected chi connectivity index (χ0v) is 26.1. The SMILES string of the molecule is c1ccc(-c2ccccc2N(c2cc3ccccc3c3c2ccc2ccccc23)c2cc3ccccc3c3c2oc2ccccc23)cc1. The molecule has 1 aromatic heterocycles. The van der Waals surface area contributed by atoms with Crippen LogP contribution in [0.3, 0.4) is 0 Å². The van der Waals surface area contributed by atoms with Crippen LogP contribution in [0.15, 0.2) is 180 Å². The summed E-state index contributed by atoms with van der Waals surface area (Å²) in [6, 6.07) is 63.2. The van der Waals surface area contributed by atoms with Crippen molar-refractivity contribution in [2.75, 3.05) is 4.90 Å². The second kappa shape index (κ2) is 10.6. The highest BCUT2D eigenvalue weighted by Gasteiger charge is 2.26. The molecule has 0 saturated heterocycles. The maximum Gasteiger partial charge on any atom is 0.160 e. The molecule has 0 aliphatic heterocycles. The summed E-state index contributed by atoms with van der Waals surface area (Å²) in [4.78, 5) is 2.45. The van der Waals surface area contributed by atoms with Gasteiger partial charge in [0.15, 0.2) is 5.58 Å². The van der Waals surface area contributed by atoms with Gasteiger partial charge >= 0.3 is 0 Å². The molecular formula is C46H29NO. The average Bonchev–Trinajstić information content (AvgIpc) is 3.55. The largest absolute Gasteiger partial charge is 0.454 e.